The average Bonchev–Trinajstić information content (AvgIpc) is 3.05. The van der Waals surface area contributed by atoms with Gasteiger partial charge in [0.1, 0.15) is 0 Å². The Morgan fingerprint density at radius 2 is 2.04 bits per heavy atom. The molecule has 3 rings (SSSR count). The summed E-state index contributed by atoms with van der Waals surface area (Å²) in [4.78, 5) is 26.5. The molecule has 2 atom stereocenters. The summed E-state index contributed by atoms with van der Waals surface area (Å²) in [5.74, 6) is -0.609. The lowest BCUT2D eigenvalue weighted by Gasteiger charge is -2.38. The first-order valence-electron chi connectivity index (χ1n) is 7.42. The van der Waals surface area contributed by atoms with Crippen molar-refractivity contribution in [3.8, 4) is 0 Å². The molecule has 1 aliphatic rings. The fourth-order valence-corrected chi connectivity index (χ4v) is 3.55. The van der Waals surface area contributed by atoms with Crippen LogP contribution in [0.4, 0.5) is 0 Å². The molecular formula is C17H18N2O3S. The minimum absolute atomic E-state index is 0.0190. The summed E-state index contributed by atoms with van der Waals surface area (Å²) in [6, 6.07) is 11.3. The Labute approximate surface area is 138 Å². The fourth-order valence-electron chi connectivity index (χ4n) is 2.70. The summed E-state index contributed by atoms with van der Waals surface area (Å²) in [7, 11) is 0. The third-order valence-corrected chi connectivity index (χ3v) is 4.83. The lowest BCUT2D eigenvalue weighted by molar-refractivity contribution is -0.0446. The van der Waals surface area contributed by atoms with Gasteiger partial charge < -0.3 is 15.4 Å². The Kier molecular flexibility index (Phi) is 4.45. The van der Waals surface area contributed by atoms with Crippen LogP contribution in [0.15, 0.2) is 41.8 Å². The van der Waals surface area contributed by atoms with Crippen molar-refractivity contribution in [2.75, 3.05) is 13.2 Å². The highest BCUT2D eigenvalue weighted by Crippen LogP contribution is 2.29. The van der Waals surface area contributed by atoms with E-state index in [9.17, 15) is 9.59 Å². The minimum atomic E-state index is -0.518. The van der Waals surface area contributed by atoms with Crippen molar-refractivity contribution in [1.29, 1.82) is 0 Å². The second kappa shape index (κ2) is 6.52. The van der Waals surface area contributed by atoms with E-state index in [1.165, 1.54) is 11.3 Å². The maximum atomic E-state index is 12.9. The molecule has 2 aromatic rings. The maximum Gasteiger partial charge on any atom is 0.264 e. The summed E-state index contributed by atoms with van der Waals surface area (Å²) in [6.45, 7) is 2.93. The van der Waals surface area contributed by atoms with Crippen molar-refractivity contribution >= 4 is 23.2 Å². The summed E-state index contributed by atoms with van der Waals surface area (Å²) in [5, 5.41) is 1.62. The molecule has 23 heavy (non-hydrogen) atoms. The van der Waals surface area contributed by atoms with Crippen molar-refractivity contribution in [3.05, 3.63) is 57.8 Å². The van der Waals surface area contributed by atoms with Gasteiger partial charge in [0.15, 0.2) is 0 Å². The van der Waals surface area contributed by atoms with E-state index < -0.39 is 5.91 Å². The first-order valence-corrected chi connectivity index (χ1v) is 8.30. The summed E-state index contributed by atoms with van der Waals surface area (Å²) < 4.78 is 5.74. The van der Waals surface area contributed by atoms with Crippen LogP contribution in [-0.2, 0) is 4.74 Å². The van der Waals surface area contributed by atoms with Crippen molar-refractivity contribution in [1.82, 2.24) is 4.90 Å². The number of primary amides is 1. The average molecular weight is 330 g/mol. The molecule has 2 N–H and O–H groups in total. The van der Waals surface area contributed by atoms with E-state index in [2.05, 4.69) is 0 Å². The van der Waals surface area contributed by atoms with Crippen molar-refractivity contribution < 1.29 is 14.3 Å². The number of hydrogen-bond donors (Lipinski definition) is 1. The minimum Gasteiger partial charge on any atom is -0.374 e. The van der Waals surface area contributed by atoms with Crippen LogP contribution in [0.3, 0.4) is 0 Å². The van der Waals surface area contributed by atoms with Gasteiger partial charge in [-0.3, -0.25) is 9.59 Å². The normalized spacial score (nSPS) is 21.2. The van der Waals surface area contributed by atoms with Gasteiger partial charge in [-0.1, -0.05) is 30.3 Å². The molecule has 0 unspecified atom stereocenters. The van der Waals surface area contributed by atoms with E-state index in [4.69, 9.17) is 10.5 Å². The van der Waals surface area contributed by atoms with Gasteiger partial charge in [0.2, 0.25) is 5.91 Å². The van der Waals surface area contributed by atoms with E-state index in [1.54, 1.807) is 11.4 Å². The van der Waals surface area contributed by atoms with Crippen LogP contribution in [-0.4, -0.2) is 36.0 Å². The molecule has 1 aliphatic heterocycles. The molecule has 1 saturated heterocycles. The van der Waals surface area contributed by atoms with E-state index in [0.29, 0.717) is 23.6 Å². The van der Waals surface area contributed by atoms with Gasteiger partial charge in [0.25, 0.3) is 5.91 Å². The smallest absolute Gasteiger partial charge is 0.264 e. The molecule has 5 nitrogen and oxygen atoms in total. The van der Waals surface area contributed by atoms with Crippen molar-refractivity contribution in [3.63, 3.8) is 0 Å². The van der Waals surface area contributed by atoms with Crippen LogP contribution in [0.2, 0.25) is 0 Å². The number of nitrogens with zero attached hydrogens (tertiary/aromatic N) is 1. The van der Waals surface area contributed by atoms with Gasteiger partial charge in [-0.15, -0.1) is 11.3 Å². The Balaban J connectivity index is 1.89. The monoisotopic (exact) mass is 330 g/mol. The number of thiophene rings is 1. The Bertz CT molecular complexity index is 714. The summed E-state index contributed by atoms with van der Waals surface area (Å²) in [6.07, 6.45) is -0.0190. The number of morpholine rings is 1. The van der Waals surface area contributed by atoms with E-state index in [-0.39, 0.29) is 18.1 Å². The molecule has 2 amide bonds. The van der Waals surface area contributed by atoms with Gasteiger partial charge in [0, 0.05) is 11.9 Å². The zero-order valence-electron chi connectivity index (χ0n) is 12.8. The fraction of sp³-hybridized carbons (Fsp3) is 0.294. The highest BCUT2D eigenvalue weighted by molar-refractivity contribution is 7.12. The number of carbonyl (C=O) groups excluding carboxylic acids is 2. The van der Waals surface area contributed by atoms with E-state index in [0.717, 1.165) is 5.56 Å². The zero-order valence-corrected chi connectivity index (χ0v) is 13.6. The predicted molar refractivity (Wildman–Crippen MR) is 88.5 cm³/mol. The van der Waals surface area contributed by atoms with Crippen molar-refractivity contribution in [2.45, 2.75) is 19.1 Å². The summed E-state index contributed by atoms with van der Waals surface area (Å²) >= 11 is 1.25. The quantitative estimate of drug-likeness (QED) is 0.939. The molecule has 120 valence electrons. The number of benzene rings is 1. The van der Waals surface area contributed by atoms with Gasteiger partial charge in [-0.2, -0.15) is 0 Å². The number of hydrogen-bond acceptors (Lipinski definition) is 4. The first-order chi connectivity index (χ1) is 11.1. The largest absolute Gasteiger partial charge is 0.374 e. The van der Waals surface area contributed by atoms with Crippen LogP contribution < -0.4 is 5.73 Å². The maximum absolute atomic E-state index is 12.9. The SMILES string of the molecule is C[C@@H]1CN(C(=O)c2cc(C(N)=O)cs2)[C@H](c2ccccc2)CO1. The third kappa shape index (κ3) is 3.28. The molecule has 1 aromatic heterocycles. The van der Waals surface area contributed by atoms with E-state index in [1.807, 2.05) is 42.2 Å². The molecule has 1 aromatic carbocycles. The van der Waals surface area contributed by atoms with E-state index >= 15 is 0 Å². The third-order valence-electron chi connectivity index (χ3n) is 3.91. The lowest BCUT2D eigenvalue weighted by atomic mass is 10.0. The molecule has 0 spiro atoms. The molecule has 2 heterocycles. The number of ether oxygens (including phenoxy) is 1. The first kappa shape index (κ1) is 15.7. The Morgan fingerprint density at radius 3 is 2.70 bits per heavy atom. The number of carbonyl (C=O) groups is 2. The Morgan fingerprint density at radius 1 is 1.30 bits per heavy atom. The number of nitrogens with two attached hydrogens (primary N) is 1. The molecule has 0 radical (unpaired) electrons. The molecular weight excluding hydrogens is 312 g/mol. The summed E-state index contributed by atoms with van der Waals surface area (Å²) in [5.41, 5.74) is 6.68. The molecule has 6 heteroatoms. The predicted octanol–water partition coefficient (Wildman–Crippen LogP) is 2.45. The number of rotatable bonds is 3. The van der Waals surface area contributed by atoms with Crippen molar-refractivity contribution in [2.24, 2.45) is 5.73 Å². The second-order valence-electron chi connectivity index (χ2n) is 5.59. The topological polar surface area (TPSA) is 72.6 Å². The van der Waals surface area contributed by atoms with Crippen LogP contribution >= 0.6 is 11.3 Å². The van der Waals surface area contributed by atoms with Gasteiger partial charge >= 0.3 is 0 Å². The highest BCUT2D eigenvalue weighted by atomic mass is 32.1. The lowest BCUT2D eigenvalue weighted by Crippen LogP contribution is -2.46. The molecule has 1 fully saturated rings. The molecule has 0 aliphatic carbocycles. The molecule has 0 bridgehead atoms. The zero-order chi connectivity index (χ0) is 16.4. The van der Waals surface area contributed by atoms with Gasteiger partial charge in [-0.25, -0.2) is 0 Å². The molecule has 0 saturated carbocycles. The van der Waals surface area contributed by atoms with Gasteiger partial charge in [0.05, 0.1) is 29.2 Å². The standard InChI is InChI=1S/C17H18N2O3S/c1-11-8-19(14(9-22-11)12-5-3-2-4-6-12)17(21)15-7-13(10-23-15)16(18)20/h2-7,10-11,14H,8-9H2,1H3,(H2,18,20)/t11-,14+/m1/s1. The van der Waals surface area contributed by atoms with Gasteiger partial charge in [-0.05, 0) is 18.6 Å². The van der Waals surface area contributed by atoms with Crippen LogP contribution in [0.5, 0.6) is 0 Å². The number of amides is 2. The van der Waals surface area contributed by atoms with Crippen LogP contribution in [0.25, 0.3) is 0 Å². The van der Waals surface area contributed by atoms with Crippen LogP contribution in [0, 0.1) is 0 Å². The second-order valence-corrected chi connectivity index (χ2v) is 6.50. The van der Waals surface area contributed by atoms with Crippen LogP contribution in [0.1, 0.15) is 38.6 Å². The Hall–Kier alpha value is -2.18. The highest BCUT2D eigenvalue weighted by Gasteiger charge is 2.32.